The lowest BCUT2D eigenvalue weighted by atomic mass is 10.1. The maximum atomic E-state index is 12.2. The number of anilines is 1. The summed E-state index contributed by atoms with van der Waals surface area (Å²) in [6.45, 7) is 6.22. The van der Waals surface area contributed by atoms with Crippen LogP contribution in [-0.4, -0.2) is 27.5 Å². The van der Waals surface area contributed by atoms with E-state index < -0.39 is 0 Å². The van der Waals surface area contributed by atoms with E-state index in [1.807, 2.05) is 48.5 Å². The van der Waals surface area contributed by atoms with Gasteiger partial charge in [0.05, 0.1) is 17.6 Å². The summed E-state index contributed by atoms with van der Waals surface area (Å²) >= 11 is 0. The van der Waals surface area contributed by atoms with E-state index in [4.69, 9.17) is 4.74 Å². The summed E-state index contributed by atoms with van der Waals surface area (Å²) in [4.78, 5) is 12.2. The second-order valence-corrected chi connectivity index (χ2v) is 6.61. The first-order valence-corrected chi connectivity index (χ1v) is 9.09. The Morgan fingerprint density at radius 1 is 1.19 bits per heavy atom. The van der Waals surface area contributed by atoms with Gasteiger partial charge < -0.3 is 10.1 Å². The lowest BCUT2D eigenvalue weighted by Crippen LogP contribution is -2.20. The Balaban J connectivity index is 1.65. The number of amides is 1. The summed E-state index contributed by atoms with van der Waals surface area (Å²) in [6.07, 6.45) is 2.69. The molecule has 0 radical (unpaired) electrons. The molecule has 0 atom stereocenters. The minimum absolute atomic E-state index is 0.0437. The third kappa shape index (κ3) is 4.73. The highest BCUT2D eigenvalue weighted by atomic mass is 16.5. The molecule has 1 heterocycles. The van der Waals surface area contributed by atoms with Crippen LogP contribution in [0.15, 0.2) is 54.7 Å². The number of hydrogen-bond donors (Lipinski definition) is 1. The molecule has 6 heteroatoms. The maximum Gasteiger partial charge on any atom is 0.262 e. The van der Waals surface area contributed by atoms with E-state index in [-0.39, 0.29) is 12.5 Å². The SMILES string of the molecule is CCc1cccc(OCC(=O)Nc2cccc(-n3nncc3C(C)C)c2)c1. The fourth-order valence-electron chi connectivity index (χ4n) is 2.75. The summed E-state index contributed by atoms with van der Waals surface area (Å²) in [7, 11) is 0. The second kappa shape index (κ2) is 8.49. The Hall–Kier alpha value is -3.15. The van der Waals surface area contributed by atoms with Crippen LogP contribution < -0.4 is 10.1 Å². The van der Waals surface area contributed by atoms with Crippen LogP contribution >= 0.6 is 0 Å². The molecule has 0 fully saturated rings. The zero-order valence-electron chi connectivity index (χ0n) is 15.8. The quantitative estimate of drug-likeness (QED) is 0.689. The molecular weight excluding hydrogens is 340 g/mol. The van der Waals surface area contributed by atoms with Crippen molar-refractivity contribution in [1.29, 1.82) is 0 Å². The van der Waals surface area contributed by atoms with Crippen LogP contribution in [-0.2, 0) is 11.2 Å². The molecule has 1 amide bonds. The molecule has 0 aliphatic rings. The van der Waals surface area contributed by atoms with E-state index in [2.05, 4.69) is 36.4 Å². The number of aryl methyl sites for hydroxylation is 1. The Labute approximate surface area is 159 Å². The number of nitrogens with one attached hydrogen (secondary N) is 1. The molecule has 0 unspecified atom stereocenters. The summed E-state index contributed by atoms with van der Waals surface area (Å²) in [5, 5.41) is 11.0. The first kappa shape index (κ1) is 18.6. The van der Waals surface area contributed by atoms with Gasteiger partial charge in [-0.3, -0.25) is 4.79 Å². The molecule has 0 bridgehead atoms. The summed E-state index contributed by atoms with van der Waals surface area (Å²) < 4.78 is 7.38. The fraction of sp³-hybridized carbons (Fsp3) is 0.286. The molecule has 2 aromatic carbocycles. The van der Waals surface area contributed by atoms with E-state index >= 15 is 0 Å². The monoisotopic (exact) mass is 364 g/mol. The maximum absolute atomic E-state index is 12.2. The van der Waals surface area contributed by atoms with Crippen molar-refractivity contribution in [3.8, 4) is 11.4 Å². The fourth-order valence-corrected chi connectivity index (χ4v) is 2.75. The molecule has 140 valence electrons. The Bertz CT molecular complexity index is 918. The van der Waals surface area contributed by atoms with Gasteiger partial charge in [0.1, 0.15) is 5.75 Å². The molecule has 3 rings (SSSR count). The average molecular weight is 364 g/mol. The highest BCUT2D eigenvalue weighted by Crippen LogP contribution is 2.20. The number of rotatable bonds is 7. The van der Waals surface area contributed by atoms with Gasteiger partial charge in [-0.2, -0.15) is 0 Å². The van der Waals surface area contributed by atoms with Crippen LogP contribution in [0.1, 0.15) is 37.9 Å². The van der Waals surface area contributed by atoms with E-state index in [0.717, 1.165) is 17.8 Å². The average Bonchev–Trinajstić information content (AvgIpc) is 3.17. The van der Waals surface area contributed by atoms with Crippen molar-refractivity contribution in [2.75, 3.05) is 11.9 Å². The van der Waals surface area contributed by atoms with Crippen molar-refractivity contribution < 1.29 is 9.53 Å². The Morgan fingerprint density at radius 2 is 2.00 bits per heavy atom. The topological polar surface area (TPSA) is 69.0 Å². The molecule has 0 aliphatic carbocycles. The van der Waals surface area contributed by atoms with Crippen molar-refractivity contribution in [1.82, 2.24) is 15.0 Å². The number of carbonyl (C=O) groups is 1. The van der Waals surface area contributed by atoms with Crippen molar-refractivity contribution in [3.05, 3.63) is 66.0 Å². The molecule has 0 saturated carbocycles. The molecule has 0 saturated heterocycles. The van der Waals surface area contributed by atoms with Crippen LogP contribution in [0.5, 0.6) is 5.75 Å². The number of aromatic nitrogens is 3. The predicted octanol–water partition coefficient (Wildman–Crippen LogP) is 3.97. The normalized spacial score (nSPS) is 10.8. The number of benzene rings is 2. The zero-order valence-corrected chi connectivity index (χ0v) is 15.8. The van der Waals surface area contributed by atoms with Crippen LogP contribution in [0.25, 0.3) is 5.69 Å². The molecular formula is C21H24N4O2. The Kier molecular flexibility index (Phi) is 5.86. The Morgan fingerprint density at radius 3 is 2.78 bits per heavy atom. The van der Waals surface area contributed by atoms with Gasteiger partial charge in [-0.1, -0.05) is 44.2 Å². The standard InChI is InChI=1S/C21H24N4O2/c1-4-16-7-5-10-19(11-16)27-14-21(26)23-17-8-6-9-18(12-17)25-20(15(2)3)13-22-24-25/h5-13,15H,4,14H2,1-3H3,(H,23,26). The number of nitrogens with zero attached hydrogens (tertiary/aromatic N) is 3. The predicted molar refractivity (Wildman–Crippen MR) is 105 cm³/mol. The molecule has 0 spiro atoms. The van der Waals surface area contributed by atoms with Crippen LogP contribution in [0.3, 0.4) is 0 Å². The zero-order chi connectivity index (χ0) is 19.2. The number of ether oxygens (including phenoxy) is 1. The molecule has 6 nitrogen and oxygen atoms in total. The number of hydrogen-bond acceptors (Lipinski definition) is 4. The minimum Gasteiger partial charge on any atom is -0.484 e. The van der Waals surface area contributed by atoms with Crippen molar-refractivity contribution in [2.45, 2.75) is 33.1 Å². The van der Waals surface area contributed by atoms with Gasteiger partial charge in [0.15, 0.2) is 6.61 Å². The van der Waals surface area contributed by atoms with Gasteiger partial charge in [0, 0.05) is 5.69 Å². The van der Waals surface area contributed by atoms with Gasteiger partial charge in [0.2, 0.25) is 0 Å². The van der Waals surface area contributed by atoms with E-state index in [0.29, 0.717) is 17.4 Å². The smallest absolute Gasteiger partial charge is 0.262 e. The van der Waals surface area contributed by atoms with Crippen LogP contribution in [0.2, 0.25) is 0 Å². The second-order valence-electron chi connectivity index (χ2n) is 6.61. The van der Waals surface area contributed by atoms with Gasteiger partial charge in [-0.15, -0.1) is 5.10 Å². The van der Waals surface area contributed by atoms with Crippen molar-refractivity contribution in [3.63, 3.8) is 0 Å². The molecule has 27 heavy (non-hydrogen) atoms. The highest BCUT2D eigenvalue weighted by molar-refractivity contribution is 5.92. The van der Waals surface area contributed by atoms with Crippen molar-refractivity contribution >= 4 is 11.6 Å². The highest BCUT2D eigenvalue weighted by Gasteiger charge is 2.11. The lowest BCUT2D eigenvalue weighted by molar-refractivity contribution is -0.118. The number of carbonyl (C=O) groups excluding carboxylic acids is 1. The van der Waals surface area contributed by atoms with Crippen LogP contribution in [0, 0.1) is 0 Å². The molecule has 0 aliphatic heterocycles. The summed E-state index contributed by atoms with van der Waals surface area (Å²) in [5.41, 5.74) is 3.73. The van der Waals surface area contributed by atoms with Gasteiger partial charge in [-0.05, 0) is 48.2 Å². The summed E-state index contributed by atoms with van der Waals surface area (Å²) in [6, 6.07) is 15.3. The van der Waals surface area contributed by atoms with E-state index in [1.165, 1.54) is 5.56 Å². The van der Waals surface area contributed by atoms with Gasteiger partial charge >= 0.3 is 0 Å². The van der Waals surface area contributed by atoms with Crippen LogP contribution in [0.4, 0.5) is 5.69 Å². The third-order valence-corrected chi connectivity index (χ3v) is 4.22. The first-order valence-electron chi connectivity index (χ1n) is 9.09. The largest absolute Gasteiger partial charge is 0.484 e. The van der Waals surface area contributed by atoms with Gasteiger partial charge in [-0.25, -0.2) is 4.68 Å². The molecule has 1 N–H and O–H groups in total. The van der Waals surface area contributed by atoms with E-state index in [9.17, 15) is 4.79 Å². The summed E-state index contributed by atoms with van der Waals surface area (Å²) in [5.74, 6) is 0.782. The molecule has 1 aromatic heterocycles. The first-order chi connectivity index (χ1) is 13.1. The molecule has 3 aromatic rings. The van der Waals surface area contributed by atoms with Crippen molar-refractivity contribution in [2.24, 2.45) is 0 Å². The van der Waals surface area contributed by atoms with E-state index in [1.54, 1.807) is 10.9 Å². The minimum atomic E-state index is -0.211. The lowest BCUT2D eigenvalue weighted by Gasteiger charge is -2.11. The van der Waals surface area contributed by atoms with Gasteiger partial charge in [0.25, 0.3) is 5.91 Å². The third-order valence-electron chi connectivity index (χ3n) is 4.22.